The first kappa shape index (κ1) is 15.8. The van der Waals surface area contributed by atoms with Gasteiger partial charge in [0.25, 0.3) is 5.56 Å². The van der Waals surface area contributed by atoms with Crippen molar-refractivity contribution in [3.63, 3.8) is 0 Å². The number of H-pyrrole nitrogens is 2. The third kappa shape index (κ3) is 2.50. The number of thioether (sulfide) groups is 1. The van der Waals surface area contributed by atoms with Gasteiger partial charge in [0, 0.05) is 27.6 Å². The maximum atomic E-state index is 13.9. The topological polar surface area (TPSA) is 73.6 Å². The van der Waals surface area contributed by atoms with E-state index in [1.807, 2.05) is 6.07 Å². The largest absolute Gasteiger partial charge is 0.332 e. The van der Waals surface area contributed by atoms with Crippen LogP contribution in [0.15, 0.2) is 40.4 Å². The molecule has 26 heavy (non-hydrogen) atoms. The second kappa shape index (κ2) is 6.10. The molecule has 0 saturated carbocycles. The maximum absolute atomic E-state index is 13.9. The van der Waals surface area contributed by atoms with Crippen LogP contribution < -0.4 is 10.9 Å². The number of nitrogens with one attached hydrogen (secondary N) is 3. The fourth-order valence-electron chi connectivity index (χ4n) is 3.75. The SMILES string of the molecule is O=c1[nH]ccc2c3[nH]c(SC4CCNCC4)nc3c3ccc(F)cc3c12. The summed E-state index contributed by atoms with van der Waals surface area (Å²) in [6, 6.07) is 6.39. The van der Waals surface area contributed by atoms with Crippen LogP contribution in [0.4, 0.5) is 4.39 Å². The second-order valence-electron chi connectivity index (χ2n) is 6.62. The third-order valence-electron chi connectivity index (χ3n) is 4.98. The van der Waals surface area contributed by atoms with Crippen molar-refractivity contribution in [3.8, 4) is 0 Å². The molecule has 0 amide bonds. The normalized spacial score (nSPS) is 16.0. The summed E-state index contributed by atoms with van der Waals surface area (Å²) in [6.45, 7) is 2.05. The van der Waals surface area contributed by atoms with E-state index in [4.69, 9.17) is 4.98 Å². The molecule has 0 spiro atoms. The molecule has 2 aromatic heterocycles. The Labute approximate surface area is 152 Å². The Hall–Kier alpha value is -2.38. The Morgan fingerprint density at radius 2 is 1.96 bits per heavy atom. The van der Waals surface area contributed by atoms with Crippen molar-refractivity contribution in [3.05, 3.63) is 46.6 Å². The number of imidazole rings is 1. The first-order valence-electron chi connectivity index (χ1n) is 8.70. The van der Waals surface area contributed by atoms with Gasteiger partial charge in [-0.3, -0.25) is 4.79 Å². The molecule has 132 valence electrons. The summed E-state index contributed by atoms with van der Waals surface area (Å²) in [6.07, 6.45) is 3.83. The number of aromatic amines is 2. The second-order valence-corrected chi connectivity index (χ2v) is 7.91. The minimum atomic E-state index is -0.360. The van der Waals surface area contributed by atoms with E-state index in [1.165, 1.54) is 12.1 Å². The van der Waals surface area contributed by atoms with Crippen LogP contribution in [-0.2, 0) is 0 Å². The molecule has 0 aliphatic carbocycles. The molecule has 0 atom stereocenters. The zero-order chi connectivity index (χ0) is 17.7. The number of piperidine rings is 1. The Bertz CT molecular complexity index is 1190. The molecule has 0 bridgehead atoms. The van der Waals surface area contributed by atoms with Gasteiger partial charge in [-0.25, -0.2) is 9.37 Å². The van der Waals surface area contributed by atoms with Crippen LogP contribution in [0.2, 0.25) is 0 Å². The van der Waals surface area contributed by atoms with Crippen LogP contribution in [0, 0.1) is 5.82 Å². The van der Waals surface area contributed by atoms with Crippen molar-refractivity contribution in [1.82, 2.24) is 20.3 Å². The molecule has 5 rings (SSSR count). The molecule has 3 heterocycles. The van der Waals surface area contributed by atoms with Crippen molar-refractivity contribution in [2.24, 2.45) is 0 Å². The Morgan fingerprint density at radius 3 is 2.81 bits per heavy atom. The zero-order valence-corrected chi connectivity index (χ0v) is 14.8. The highest BCUT2D eigenvalue weighted by Crippen LogP contribution is 2.35. The molecular formula is C19H17FN4OS. The van der Waals surface area contributed by atoms with Gasteiger partial charge >= 0.3 is 0 Å². The molecule has 4 aromatic rings. The van der Waals surface area contributed by atoms with Gasteiger partial charge in [0.05, 0.1) is 16.4 Å². The van der Waals surface area contributed by atoms with Crippen molar-refractivity contribution in [2.75, 3.05) is 13.1 Å². The van der Waals surface area contributed by atoms with Gasteiger partial charge in [-0.2, -0.15) is 0 Å². The summed E-state index contributed by atoms with van der Waals surface area (Å²) in [5, 5.41) is 7.40. The standard InChI is InChI=1S/C19H17FN4OS/c20-10-1-2-12-14(9-10)15-13(5-8-22-18(15)25)17-16(12)23-19(24-17)26-11-3-6-21-7-4-11/h1-2,5,8-9,11,21H,3-4,6-7H2,(H,22,25)(H,23,24). The Morgan fingerprint density at radius 1 is 1.12 bits per heavy atom. The summed E-state index contributed by atoms with van der Waals surface area (Å²) in [5.74, 6) is -0.360. The van der Waals surface area contributed by atoms with Crippen LogP contribution in [0.5, 0.6) is 0 Å². The van der Waals surface area contributed by atoms with E-state index in [2.05, 4.69) is 15.3 Å². The number of halogens is 1. The van der Waals surface area contributed by atoms with Crippen LogP contribution in [0.25, 0.3) is 32.6 Å². The van der Waals surface area contributed by atoms with E-state index in [0.29, 0.717) is 16.0 Å². The lowest BCUT2D eigenvalue weighted by atomic mass is 10.0. The number of fused-ring (bicyclic) bond motifs is 6. The number of rotatable bonds is 2. The van der Waals surface area contributed by atoms with Gasteiger partial charge < -0.3 is 15.3 Å². The number of benzene rings is 2. The van der Waals surface area contributed by atoms with Gasteiger partial charge in [0.1, 0.15) is 5.82 Å². The predicted molar refractivity (Wildman–Crippen MR) is 103 cm³/mol. The quantitative estimate of drug-likeness (QED) is 0.473. The predicted octanol–water partition coefficient (Wildman–Crippen LogP) is 3.54. The average Bonchev–Trinajstić information content (AvgIpc) is 3.06. The van der Waals surface area contributed by atoms with Crippen molar-refractivity contribution < 1.29 is 4.39 Å². The molecule has 7 heteroatoms. The summed E-state index contributed by atoms with van der Waals surface area (Å²) in [7, 11) is 0. The smallest absolute Gasteiger partial charge is 0.256 e. The van der Waals surface area contributed by atoms with E-state index >= 15 is 0 Å². The highest BCUT2D eigenvalue weighted by atomic mass is 32.2. The first-order chi connectivity index (χ1) is 12.7. The van der Waals surface area contributed by atoms with E-state index in [9.17, 15) is 9.18 Å². The molecule has 0 unspecified atom stereocenters. The Balaban J connectivity index is 1.78. The summed E-state index contributed by atoms with van der Waals surface area (Å²) in [5.41, 5.74) is 1.40. The molecule has 0 radical (unpaired) electrons. The average molecular weight is 368 g/mol. The summed E-state index contributed by atoms with van der Waals surface area (Å²) in [4.78, 5) is 23.3. The first-order valence-corrected chi connectivity index (χ1v) is 9.58. The lowest BCUT2D eigenvalue weighted by Gasteiger charge is -2.20. The lowest BCUT2D eigenvalue weighted by Crippen LogP contribution is -2.29. The molecule has 3 N–H and O–H groups in total. The van der Waals surface area contributed by atoms with Crippen LogP contribution in [0.1, 0.15) is 12.8 Å². The van der Waals surface area contributed by atoms with E-state index in [0.717, 1.165) is 52.9 Å². The summed E-state index contributed by atoms with van der Waals surface area (Å²) < 4.78 is 13.9. The van der Waals surface area contributed by atoms with Crippen molar-refractivity contribution >= 4 is 44.3 Å². The zero-order valence-electron chi connectivity index (χ0n) is 13.9. The molecule has 1 aliphatic rings. The molecule has 2 aromatic carbocycles. The minimum absolute atomic E-state index is 0.220. The number of hydrogen-bond donors (Lipinski definition) is 3. The lowest BCUT2D eigenvalue weighted by molar-refractivity contribution is 0.531. The number of pyridine rings is 1. The molecule has 1 saturated heterocycles. The maximum Gasteiger partial charge on any atom is 0.256 e. The summed E-state index contributed by atoms with van der Waals surface area (Å²) >= 11 is 1.75. The van der Waals surface area contributed by atoms with Crippen molar-refractivity contribution in [1.29, 1.82) is 0 Å². The van der Waals surface area contributed by atoms with Gasteiger partial charge in [-0.1, -0.05) is 11.8 Å². The van der Waals surface area contributed by atoms with Gasteiger partial charge in [-0.05, 0) is 50.2 Å². The number of hydrogen-bond acceptors (Lipinski definition) is 4. The fourth-order valence-corrected chi connectivity index (χ4v) is 4.84. The Kier molecular flexibility index (Phi) is 3.72. The highest BCUT2D eigenvalue weighted by Gasteiger charge is 2.19. The van der Waals surface area contributed by atoms with E-state index < -0.39 is 0 Å². The molecule has 5 nitrogen and oxygen atoms in total. The monoisotopic (exact) mass is 368 g/mol. The minimum Gasteiger partial charge on any atom is -0.332 e. The fraction of sp³-hybridized carbons (Fsp3) is 0.263. The highest BCUT2D eigenvalue weighted by molar-refractivity contribution is 7.99. The molecule has 1 aliphatic heterocycles. The van der Waals surface area contributed by atoms with Crippen LogP contribution in [-0.4, -0.2) is 33.3 Å². The third-order valence-corrected chi connectivity index (χ3v) is 6.20. The van der Waals surface area contributed by atoms with E-state index in [1.54, 1.807) is 24.0 Å². The van der Waals surface area contributed by atoms with Crippen LogP contribution >= 0.6 is 11.8 Å². The van der Waals surface area contributed by atoms with E-state index in [-0.39, 0.29) is 11.4 Å². The number of nitrogens with zero attached hydrogens (tertiary/aromatic N) is 1. The van der Waals surface area contributed by atoms with Crippen molar-refractivity contribution in [2.45, 2.75) is 23.2 Å². The van der Waals surface area contributed by atoms with Crippen LogP contribution in [0.3, 0.4) is 0 Å². The molecule has 1 fully saturated rings. The van der Waals surface area contributed by atoms with Gasteiger partial charge in [-0.15, -0.1) is 0 Å². The van der Waals surface area contributed by atoms with Gasteiger partial charge in [0.15, 0.2) is 5.16 Å². The van der Waals surface area contributed by atoms with Gasteiger partial charge in [0.2, 0.25) is 0 Å². The number of aromatic nitrogens is 3. The molecular weight excluding hydrogens is 351 g/mol.